The molecule has 1 atom stereocenters. The van der Waals surface area contributed by atoms with Crippen LogP contribution < -0.4 is 0 Å². The Morgan fingerprint density at radius 1 is 1.19 bits per heavy atom. The molecule has 3 heteroatoms. The molecule has 0 saturated carbocycles. The molecule has 3 nitrogen and oxygen atoms in total. The molecule has 0 bridgehead atoms. The van der Waals surface area contributed by atoms with Gasteiger partial charge in [0.25, 0.3) is 0 Å². The molecule has 0 aliphatic rings. The topological polar surface area (TPSA) is 46.0 Å². The maximum absolute atomic E-state index is 9.96. The molecule has 0 amide bonds. The molecule has 0 aliphatic carbocycles. The highest BCUT2D eigenvalue weighted by Crippen LogP contribution is 2.14. The van der Waals surface area contributed by atoms with Gasteiger partial charge < -0.3 is 5.11 Å². The molecule has 2 heterocycles. The zero-order chi connectivity index (χ0) is 11.4. The molecule has 0 spiro atoms. The lowest BCUT2D eigenvalue weighted by molar-refractivity contribution is 0.172. The maximum Gasteiger partial charge on any atom is 0.101 e. The van der Waals surface area contributed by atoms with Crippen molar-refractivity contribution < 1.29 is 5.11 Å². The molecular weight excluding hydrogens is 200 g/mol. The van der Waals surface area contributed by atoms with Gasteiger partial charge in [0.15, 0.2) is 0 Å². The Morgan fingerprint density at radius 3 is 2.69 bits per heavy atom. The Hall–Kier alpha value is -1.74. The third kappa shape index (κ3) is 2.64. The van der Waals surface area contributed by atoms with E-state index in [1.165, 1.54) is 0 Å². The Morgan fingerprint density at radius 2 is 2.06 bits per heavy atom. The van der Waals surface area contributed by atoms with E-state index in [-0.39, 0.29) is 0 Å². The van der Waals surface area contributed by atoms with E-state index in [4.69, 9.17) is 0 Å². The molecule has 0 aromatic carbocycles. The summed E-state index contributed by atoms with van der Waals surface area (Å²) in [4.78, 5) is 8.37. The molecule has 0 aliphatic heterocycles. The van der Waals surface area contributed by atoms with Crippen molar-refractivity contribution in [1.82, 2.24) is 9.97 Å². The van der Waals surface area contributed by atoms with E-state index in [0.29, 0.717) is 12.1 Å². The number of aliphatic hydroxyl groups excluding tert-OH is 1. The zero-order valence-corrected chi connectivity index (χ0v) is 9.17. The van der Waals surface area contributed by atoms with Crippen molar-refractivity contribution in [3.8, 4) is 0 Å². The van der Waals surface area contributed by atoms with E-state index in [2.05, 4.69) is 9.97 Å². The second-order valence-corrected chi connectivity index (χ2v) is 3.80. The predicted molar refractivity (Wildman–Crippen MR) is 61.9 cm³/mol. The number of pyridine rings is 2. The third-order valence-corrected chi connectivity index (χ3v) is 2.40. The van der Waals surface area contributed by atoms with Crippen molar-refractivity contribution in [2.45, 2.75) is 19.4 Å². The lowest BCUT2D eigenvalue weighted by atomic mass is 10.1. The number of rotatable bonds is 3. The molecule has 1 N–H and O–H groups in total. The summed E-state index contributed by atoms with van der Waals surface area (Å²) < 4.78 is 0. The van der Waals surface area contributed by atoms with Gasteiger partial charge in [0.2, 0.25) is 0 Å². The van der Waals surface area contributed by atoms with Gasteiger partial charge in [0.05, 0.1) is 5.69 Å². The number of aryl methyl sites for hydroxylation is 1. The highest BCUT2D eigenvalue weighted by Gasteiger charge is 2.09. The smallest absolute Gasteiger partial charge is 0.101 e. The van der Waals surface area contributed by atoms with Gasteiger partial charge in [0, 0.05) is 24.5 Å². The van der Waals surface area contributed by atoms with Crippen LogP contribution >= 0.6 is 0 Å². The van der Waals surface area contributed by atoms with Crippen LogP contribution in [0.25, 0.3) is 0 Å². The molecular formula is C13H14N2O. The van der Waals surface area contributed by atoms with Gasteiger partial charge in [-0.15, -0.1) is 0 Å². The minimum atomic E-state index is -0.588. The Labute approximate surface area is 94.8 Å². The number of hydrogen-bond donors (Lipinski definition) is 1. The van der Waals surface area contributed by atoms with Crippen molar-refractivity contribution in [2.75, 3.05) is 0 Å². The SMILES string of the molecule is Cc1ccc(C(O)Cc2ccccn2)nc1. The lowest BCUT2D eigenvalue weighted by Crippen LogP contribution is -2.05. The predicted octanol–water partition coefficient (Wildman–Crippen LogP) is 2.06. The summed E-state index contributed by atoms with van der Waals surface area (Å²) in [5.74, 6) is 0. The molecule has 82 valence electrons. The van der Waals surface area contributed by atoms with Crippen molar-refractivity contribution in [3.63, 3.8) is 0 Å². The van der Waals surface area contributed by atoms with Gasteiger partial charge in [-0.2, -0.15) is 0 Å². The normalized spacial score (nSPS) is 12.4. The summed E-state index contributed by atoms with van der Waals surface area (Å²) >= 11 is 0. The summed E-state index contributed by atoms with van der Waals surface area (Å²) in [7, 11) is 0. The summed E-state index contributed by atoms with van der Waals surface area (Å²) in [5, 5.41) is 9.96. The van der Waals surface area contributed by atoms with E-state index in [1.54, 1.807) is 12.4 Å². The first-order valence-corrected chi connectivity index (χ1v) is 5.26. The molecule has 0 radical (unpaired) electrons. The average molecular weight is 214 g/mol. The Balaban J connectivity index is 2.09. The van der Waals surface area contributed by atoms with Gasteiger partial charge in [0.1, 0.15) is 6.10 Å². The first-order chi connectivity index (χ1) is 7.75. The quantitative estimate of drug-likeness (QED) is 0.850. The highest BCUT2D eigenvalue weighted by atomic mass is 16.3. The van der Waals surface area contributed by atoms with Gasteiger partial charge >= 0.3 is 0 Å². The largest absolute Gasteiger partial charge is 0.386 e. The second kappa shape index (κ2) is 4.86. The third-order valence-electron chi connectivity index (χ3n) is 2.40. The van der Waals surface area contributed by atoms with Crippen LogP contribution in [0.1, 0.15) is 23.1 Å². The molecule has 2 aromatic heterocycles. The molecule has 0 saturated heterocycles. The van der Waals surface area contributed by atoms with E-state index in [9.17, 15) is 5.11 Å². The zero-order valence-electron chi connectivity index (χ0n) is 9.17. The van der Waals surface area contributed by atoms with Crippen LogP contribution in [0.2, 0.25) is 0 Å². The van der Waals surface area contributed by atoms with Crippen LogP contribution in [0.4, 0.5) is 0 Å². The van der Waals surface area contributed by atoms with E-state index >= 15 is 0 Å². The van der Waals surface area contributed by atoms with Crippen molar-refractivity contribution >= 4 is 0 Å². The number of aromatic nitrogens is 2. The van der Waals surface area contributed by atoms with Crippen molar-refractivity contribution in [3.05, 3.63) is 59.7 Å². The van der Waals surface area contributed by atoms with Crippen LogP contribution in [0.3, 0.4) is 0 Å². The summed E-state index contributed by atoms with van der Waals surface area (Å²) in [5.41, 5.74) is 2.66. The Kier molecular flexibility index (Phi) is 3.27. The highest BCUT2D eigenvalue weighted by molar-refractivity contribution is 5.16. The van der Waals surface area contributed by atoms with Gasteiger partial charge in [-0.1, -0.05) is 12.1 Å². The van der Waals surface area contributed by atoms with Crippen LogP contribution in [0.5, 0.6) is 0 Å². The van der Waals surface area contributed by atoms with E-state index in [0.717, 1.165) is 11.3 Å². The standard InChI is InChI=1S/C13H14N2O/c1-10-5-6-12(15-9-10)13(16)8-11-4-2-3-7-14-11/h2-7,9,13,16H,8H2,1H3. The molecule has 16 heavy (non-hydrogen) atoms. The minimum absolute atomic E-state index is 0.497. The molecule has 0 fully saturated rings. The van der Waals surface area contributed by atoms with Crippen LogP contribution in [0, 0.1) is 6.92 Å². The monoisotopic (exact) mass is 214 g/mol. The fourth-order valence-electron chi connectivity index (χ4n) is 1.50. The van der Waals surface area contributed by atoms with Crippen LogP contribution in [-0.4, -0.2) is 15.1 Å². The summed E-state index contributed by atoms with van der Waals surface area (Å²) in [6.45, 7) is 1.97. The summed E-state index contributed by atoms with van der Waals surface area (Å²) in [6.07, 6.45) is 3.40. The van der Waals surface area contributed by atoms with E-state index in [1.807, 2.05) is 37.3 Å². The Bertz CT molecular complexity index is 439. The first-order valence-electron chi connectivity index (χ1n) is 5.26. The second-order valence-electron chi connectivity index (χ2n) is 3.80. The molecule has 2 rings (SSSR count). The van der Waals surface area contributed by atoms with E-state index < -0.39 is 6.10 Å². The lowest BCUT2D eigenvalue weighted by Gasteiger charge is -2.09. The van der Waals surface area contributed by atoms with Gasteiger partial charge in [-0.3, -0.25) is 9.97 Å². The fourth-order valence-corrected chi connectivity index (χ4v) is 1.50. The van der Waals surface area contributed by atoms with Crippen molar-refractivity contribution in [1.29, 1.82) is 0 Å². The first kappa shape index (κ1) is 10.8. The van der Waals surface area contributed by atoms with Gasteiger partial charge in [-0.05, 0) is 30.7 Å². The van der Waals surface area contributed by atoms with Crippen molar-refractivity contribution in [2.24, 2.45) is 0 Å². The number of aliphatic hydroxyl groups is 1. The van der Waals surface area contributed by atoms with Crippen LogP contribution in [-0.2, 0) is 6.42 Å². The fraction of sp³-hybridized carbons (Fsp3) is 0.231. The average Bonchev–Trinajstić information content (AvgIpc) is 2.31. The summed E-state index contributed by atoms with van der Waals surface area (Å²) in [6, 6.07) is 9.47. The molecule has 1 unspecified atom stereocenters. The number of nitrogens with zero attached hydrogens (tertiary/aromatic N) is 2. The maximum atomic E-state index is 9.96. The molecule has 2 aromatic rings. The minimum Gasteiger partial charge on any atom is -0.386 e. The number of hydrogen-bond acceptors (Lipinski definition) is 3. The van der Waals surface area contributed by atoms with Gasteiger partial charge in [-0.25, -0.2) is 0 Å². The van der Waals surface area contributed by atoms with Crippen LogP contribution in [0.15, 0.2) is 42.7 Å².